The Balaban J connectivity index is 2.64. The van der Waals surface area contributed by atoms with Crippen LogP contribution in [0.15, 0.2) is 42.5 Å². The summed E-state index contributed by atoms with van der Waals surface area (Å²) in [4.78, 5) is 0. The molecule has 0 unspecified atom stereocenters. The van der Waals surface area contributed by atoms with Crippen LogP contribution >= 0.6 is 11.6 Å². The molecule has 2 nitrogen and oxygen atoms in total. The highest BCUT2D eigenvalue weighted by Crippen LogP contribution is 2.27. The van der Waals surface area contributed by atoms with E-state index in [1.165, 1.54) is 0 Å². The first-order valence-electron chi connectivity index (χ1n) is 5.32. The molecule has 0 aliphatic carbocycles. The van der Waals surface area contributed by atoms with Gasteiger partial charge in [-0.05, 0) is 35.1 Å². The molecule has 0 aromatic heterocycles. The summed E-state index contributed by atoms with van der Waals surface area (Å²) in [6.45, 7) is 1.91. The molecule has 0 spiro atoms. The van der Waals surface area contributed by atoms with Gasteiger partial charge in [-0.1, -0.05) is 48.0 Å². The van der Waals surface area contributed by atoms with Crippen molar-refractivity contribution in [3.63, 3.8) is 0 Å². The molecule has 2 aromatic rings. The van der Waals surface area contributed by atoms with Crippen molar-refractivity contribution < 1.29 is 10.0 Å². The zero-order valence-electron chi connectivity index (χ0n) is 9.39. The molecule has 17 heavy (non-hydrogen) atoms. The van der Waals surface area contributed by atoms with Crippen LogP contribution in [0.1, 0.15) is 5.56 Å². The highest BCUT2D eigenvalue weighted by Gasteiger charge is 2.17. The zero-order valence-corrected chi connectivity index (χ0v) is 10.1. The summed E-state index contributed by atoms with van der Waals surface area (Å²) >= 11 is 6.07. The van der Waals surface area contributed by atoms with Crippen molar-refractivity contribution in [2.24, 2.45) is 0 Å². The number of hydrogen-bond donors (Lipinski definition) is 2. The molecule has 4 heteroatoms. The predicted octanol–water partition coefficient (Wildman–Crippen LogP) is 2.00. The Hall–Kier alpha value is -1.29. The van der Waals surface area contributed by atoms with Crippen LogP contribution in [0.4, 0.5) is 0 Å². The fraction of sp³-hybridized carbons (Fsp3) is 0.0769. The Labute approximate surface area is 106 Å². The van der Waals surface area contributed by atoms with Gasteiger partial charge in [-0.3, -0.25) is 0 Å². The van der Waals surface area contributed by atoms with E-state index in [-0.39, 0.29) is 0 Å². The highest BCUT2D eigenvalue weighted by atomic mass is 35.5. The maximum atomic E-state index is 9.35. The second-order valence-electron chi connectivity index (χ2n) is 3.87. The molecule has 2 rings (SSSR count). The monoisotopic (exact) mass is 246 g/mol. The van der Waals surface area contributed by atoms with Crippen LogP contribution in [0, 0.1) is 6.92 Å². The van der Waals surface area contributed by atoms with E-state index in [2.05, 4.69) is 0 Å². The normalized spacial score (nSPS) is 10.4. The van der Waals surface area contributed by atoms with Gasteiger partial charge < -0.3 is 10.0 Å². The molecule has 0 saturated heterocycles. The van der Waals surface area contributed by atoms with E-state index < -0.39 is 7.12 Å². The molecule has 2 aromatic carbocycles. The summed E-state index contributed by atoms with van der Waals surface area (Å²) < 4.78 is 0. The lowest BCUT2D eigenvalue weighted by molar-refractivity contribution is 0.426. The SMILES string of the molecule is Cc1c(Cl)cccc1-c1ccccc1B(O)O. The first-order chi connectivity index (χ1) is 8.11. The maximum absolute atomic E-state index is 9.35. The lowest BCUT2D eigenvalue weighted by atomic mass is 9.75. The quantitative estimate of drug-likeness (QED) is 0.796. The van der Waals surface area contributed by atoms with Gasteiger partial charge in [0, 0.05) is 5.02 Å². The van der Waals surface area contributed by atoms with Crippen LogP contribution in [-0.4, -0.2) is 17.2 Å². The van der Waals surface area contributed by atoms with Gasteiger partial charge in [0.15, 0.2) is 0 Å². The third-order valence-electron chi connectivity index (χ3n) is 2.80. The molecule has 0 fully saturated rings. The standard InChI is InChI=1S/C13H12BClO2/c1-9-10(6-4-8-13(9)15)11-5-2-3-7-12(11)14(16)17/h2-8,16-17H,1H3. The van der Waals surface area contributed by atoms with Gasteiger partial charge in [0.2, 0.25) is 0 Å². The van der Waals surface area contributed by atoms with E-state index in [1.807, 2.05) is 37.3 Å². The second-order valence-corrected chi connectivity index (χ2v) is 4.28. The molecule has 0 saturated carbocycles. The van der Waals surface area contributed by atoms with E-state index >= 15 is 0 Å². The van der Waals surface area contributed by atoms with Gasteiger partial charge in [0.05, 0.1) is 0 Å². The fourth-order valence-corrected chi connectivity index (χ4v) is 2.04. The van der Waals surface area contributed by atoms with Gasteiger partial charge in [0.1, 0.15) is 0 Å². The van der Waals surface area contributed by atoms with Crippen molar-refractivity contribution in [2.45, 2.75) is 6.92 Å². The number of rotatable bonds is 2. The van der Waals surface area contributed by atoms with Crippen LogP contribution in [0.2, 0.25) is 5.02 Å². The average molecular weight is 247 g/mol. The molecule has 0 aliphatic heterocycles. The fourth-order valence-electron chi connectivity index (χ4n) is 1.87. The molecule has 0 aliphatic rings. The van der Waals surface area contributed by atoms with E-state index in [0.29, 0.717) is 10.5 Å². The Morgan fingerprint density at radius 3 is 2.29 bits per heavy atom. The molecule has 2 N–H and O–H groups in total. The summed E-state index contributed by atoms with van der Waals surface area (Å²) in [5.41, 5.74) is 3.13. The van der Waals surface area contributed by atoms with Crippen molar-refractivity contribution >= 4 is 24.2 Å². The molecule has 0 amide bonds. The van der Waals surface area contributed by atoms with Gasteiger partial charge in [0.25, 0.3) is 0 Å². The van der Waals surface area contributed by atoms with Crippen molar-refractivity contribution in [3.05, 3.63) is 53.1 Å². The second kappa shape index (κ2) is 4.92. The van der Waals surface area contributed by atoms with Crippen molar-refractivity contribution in [1.82, 2.24) is 0 Å². The van der Waals surface area contributed by atoms with Crippen molar-refractivity contribution in [1.29, 1.82) is 0 Å². The maximum Gasteiger partial charge on any atom is 0.489 e. The third kappa shape index (κ3) is 2.37. The minimum Gasteiger partial charge on any atom is -0.423 e. The molecule has 0 heterocycles. The lowest BCUT2D eigenvalue weighted by Crippen LogP contribution is -2.31. The van der Waals surface area contributed by atoms with E-state index in [9.17, 15) is 10.0 Å². The Kier molecular flexibility index (Phi) is 3.53. The summed E-state index contributed by atoms with van der Waals surface area (Å²) in [6, 6.07) is 12.8. The Morgan fingerprint density at radius 2 is 1.59 bits per heavy atom. The van der Waals surface area contributed by atoms with Crippen LogP contribution in [0.25, 0.3) is 11.1 Å². The average Bonchev–Trinajstić information content (AvgIpc) is 2.33. The summed E-state index contributed by atoms with van der Waals surface area (Å²) in [6.07, 6.45) is 0. The first-order valence-corrected chi connectivity index (χ1v) is 5.69. The first kappa shape index (κ1) is 12.2. The highest BCUT2D eigenvalue weighted by molar-refractivity contribution is 6.60. The predicted molar refractivity (Wildman–Crippen MR) is 71.5 cm³/mol. The smallest absolute Gasteiger partial charge is 0.423 e. The molecule has 0 radical (unpaired) electrons. The minimum atomic E-state index is -1.48. The van der Waals surface area contributed by atoms with Crippen molar-refractivity contribution in [3.8, 4) is 11.1 Å². The molecular formula is C13H12BClO2. The van der Waals surface area contributed by atoms with Crippen molar-refractivity contribution in [2.75, 3.05) is 0 Å². The van der Waals surface area contributed by atoms with Crippen LogP contribution in [0.5, 0.6) is 0 Å². The number of hydrogen-bond acceptors (Lipinski definition) is 2. The Bertz CT molecular complexity index is 541. The van der Waals surface area contributed by atoms with Gasteiger partial charge in [-0.15, -0.1) is 0 Å². The lowest BCUT2D eigenvalue weighted by Gasteiger charge is -2.12. The molecule has 0 atom stereocenters. The van der Waals surface area contributed by atoms with E-state index in [1.54, 1.807) is 12.1 Å². The number of benzene rings is 2. The largest absolute Gasteiger partial charge is 0.489 e. The summed E-state index contributed by atoms with van der Waals surface area (Å²) in [7, 11) is -1.48. The molecule has 0 bridgehead atoms. The summed E-state index contributed by atoms with van der Waals surface area (Å²) in [5, 5.41) is 19.4. The molecular weight excluding hydrogens is 234 g/mol. The Morgan fingerprint density at radius 1 is 0.941 bits per heavy atom. The van der Waals surface area contributed by atoms with Gasteiger partial charge in [-0.2, -0.15) is 0 Å². The minimum absolute atomic E-state index is 0.484. The molecule has 86 valence electrons. The summed E-state index contributed by atoms with van der Waals surface area (Å²) in [5.74, 6) is 0. The zero-order chi connectivity index (χ0) is 12.4. The van der Waals surface area contributed by atoms with Crippen LogP contribution in [-0.2, 0) is 0 Å². The van der Waals surface area contributed by atoms with Crippen LogP contribution in [0.3, 0.4) is 0 Å². The van der Waals surface area contributed by atoms with Crippen LogP contribution < -0.4 is 5.46 Å². The van der Waals surface area contributed by atoms with E-state index in [0.717, 1.165) is 16.7 Å². The number of halogens is 1. The topological polar surface area (TPSA) is 40.5 Å². The van der Waals surface area contributed by atoms with Gasteiger partial charge in [-0.25, -0.2) is 0 Å². The van der Waals surface area contributed by atoms with Gasteiger partial charge >= 0.3 is 7.12 Å². The van der Waals surface area contributed by atoms with E-state index in [4.69, 9.17) is 11.6 Å². The third-order valence-corrected chi connectivity index (χ3v) is 3.21.